The Morgan fingerprint density at radius 3 is 2.42 bits per heavy atom. The zero-order valence-corrected chi connectivity index (χ0v) is 22.0. The molecule has 4 N–H and O–H groups in total. The highest BCUT2D eigenvalue weighted by molar-refractivity contribution is 7.93. The fourth-order valence-electron chi connectivity index (χ4n) is 3.64. The second-order valence-electron chi connectivity index (χ2n) is 8.52. The quantitative estimate of drug-likeness (QED) is 0.194. The number of allylic oxidation sites excluding steroid dienone is 2. The molecule has 1 fully saturated rings. The summed E-state index contributed by atoms with van der Waals surface area (Å²) in [5.41, 5.74) is -4.86. The van der Waals surface area contributed by atoms with Gasteiger partial charge in [0, 0.05) is 11.6 Å². The van der Waals surface area contributed by atoms with Crippen molar-refractivity contribution in [2.24, 2.45) is 4.99 Å². The number of aromatic amines is 1. The number of halogens is 4. The van der Waals surface area contributed by atoms with E-state index in [-0.39, 0.29) is 34.3 Å². The Labute approximate surface area is 223 Å². The lowest BCUT2D eigenvalue weighted by atomic mass is 9.77. The number of hydrogen-bond donors (Lipinski definition) is 4. The molecule has 1 aromatic carbocycles. The summed E-state index contributed by atoms with van der Waals surface area (Å²) in [6.07, 6.45) is -2.75. The summed E-state index contributed by atoms with van der Waals surface area (Å²) in [6, 6.07) is 2.11. The van der Waals surface area contributed by atoms with Crippen LogP contribution in [0.4, 0.5) is 8.78 Å². The van der Waals surface area contributed by atoms with Crippen LogP contribution < -0.4 is 20.7 Å². The van der Waals surface area contributed by atoms with E-state index in [4.69, 9.17) is 27.9 Å². The normalized spacial score (nSPS) is 20.6. The van der Waals surface area contributed by atoms with Gasteiger partial charge < -0.3 is 14.9 Å². The smallest absolute Gasteiger partial charge is 0.349 e. The molecular weight excluding hydrogens is 575 g/mol. The number of sulfonamides is 1. The lowest BCUT2D eigenvalue weighted by Crippen LogP contribution is -2.57. The van der Waals surface area contributed by atoms with Crippen molar-refractivity contribution < 1.29 is 32.1 Å². The van der Waals surface area contributed by atoms with Crippen molar-refractivity contribution in [1.29, 1.82) is 0 Å². The molecule has 38 heavy (non-hydrogen) atoms. The number of rotatable bonds is 9. The molecule has 1 aliphatic rings. The van der Waals surface area contributed by atoms with E-state index >= 15 is 0 Å². The number of aliphatic imine (C=N–C) groups is 1. The van der Waals surface area contributed by atoms with Gasteiger partial charge in [0.2, 0.25) is 15.9 Å². The minimum atomic E-state index is -4.32. The van der Waals surface area contributed by atoms with Gasteiger partial charge >= 0.3 is 5.69 Å². The number of nitrogens with zero attached hydrogens (tertiary/aromatic N) is 3. The predicted octanol–water partition coefficient (Wildman–Crippen LogP) is 2.71. The first-order valence-corrected chi connectivity index (χ1v) is 12.8. The fourth-order valence-corrected chi connectivity index (χ4v) is 5.76. The molecule has 0 unspecified atom stereocenters. The highest BCUT2D eigenvalue weighted by atomic mass is 35.5. The molecule has 1 aromatic heterocycles. The molecule has 17 heteroatoms. The topological polar surface area (TPSA) is 176 Å². The molecule has 0 amide bonds. The van der Waals surface area contributed by atoms with Gasteiger partial charge in [-0.1, -0.05) is 23.2 Å². The van der Waals surface area contributed by atoms with E-state index in [1.54, 1.807) is 11.9 Å². The fraction of sp³-hybridized carbons (Fsp3) is 0.333. The summed E-state index contributed by atoms with van der Waals surface area (Å²) in [4.78, 5) is 28.3. The SMILES string of the molecule is C=N/C(=C\C(=C(/C)O)S(=O)(=O)NC1(C)CC(O)C1)Oc1c(Cl)cc(-n2nc(C(F)F)c(=O)[nH]c2=O)cc1Cl. The van der Waals surface area contributed by atoms with Crippen LogP contribution in [-0.2, 0) is 10.0 Å². The molecule has 0 bridgehead atoms. The van der Waals surface area contributed by atoms with Crippen molar-refractivity contribution in [1.82, 2.24) is 19.5 Å². The monoisotopic (exact) mass is 595 g/mol. The van der Waals surface area contributed by atoms with Gasteiger partial charge in [-0.25, -0.2) is 31.7 Å². The number of H-pyrrole nitrogens is 1. The molecule has 0 aliphatic heterocycles. The van der Waals surface area contributed by atoms with Crippen LogP contribution in [0.1, 0.15) is 38.8 Å². The highest BCUT2D eigenvalue weighted by Crippen LogP contribution is 2.37. The van der Waals surface area contributed by atoms with Gasteiger partial charge in [-0.05, 0) is 45.5 Å². The Morgan fingerprint density at radius 2 is 1.95 bits per heavy atom. The van der Waals surface area contributed by atoms with E-state index in [2.05, 4.69) is 21.5 Å². The second-order valence-corrected chi connectivity index (χ2v) is 11.0. The maximum absolute atomic E-state index is 13.1. The van der Waals surface area contributed by atoms with E-state index in [9.17, 15) is 37.0 Å². The Morgan fingerprint density at radius 1 is 1.37 bits per heavy atom. The summed E-state index contributed by atoms with van der Waals surface area (Å²) >= 11 is 12.4. The molecule has 1 aliphatic carbocycles. The van der Waals surface area contributed by atoms with Crippen molar-refractivity contribution in [3.05, 3.63) is 71.3 Å². The van der Waals surface area contributed by atoms with Crippen LogP contribution in [0.2, 0.25) is 10.0 Å². The number of hydrogen-bond acceptors (Lipinski definition) is 9. The minimum Gasteiger partial charge on any atom is -0.511 e. The number of aliphatic hydroxyl groups excluding tert-OH is 2. The van der Waals surface area contributed by atoms with Crippen LogP contribution in [0.25, 0.3) is 5.69 Å². The largest absolute Gasteiger partial charge is 0.511 e. The van der Waals surface area contributed by atoms with E-state index in [1.807, 2.05) is 0 Å². The Balaban J connectivity index is 1.98. The van der Waals surface area contributed by atoms with Crippen LogP contribution in [0.15, 0.2) is 49.3 Å². The molecule has 0 radical (unpaired) electrons. The average molecular weight is 596 g/mol. The van der Waals surface area contributed by atoms with Crippen molar-refractivity contribution in [2.75, 3.05) is 0 Å². The Hall–Kier alpha value is -3.11. The number of aromatic nitrogens is 3. The molecule has 1 saturated carbocycles. The number of nitrogens with one attached hydrogen (secondary N) is 2. The van der Waals surface area contributed by atoms with E-state index in [0.29, 0.717) is 4.68 Å². The average Bonchev–Trinajstić information content (AvgIpc) is 2.76. The van der Waals surface area contributed by atoms with Crippen molar-refractivity contribution >= 4 is 39.9 Å². The molecular formula is C21H21Cl2F2N5O7S. The van der Waals surface area contributed by atoms with Gasteiger partial charge in [0.25, 0.3) is 12.0 Å². The number of aliphatic hydroxyl groups is 2. The third-order valence-electron chi connectivity index (χ3n) is 5.30. The van der Waals surface area contributed by atoms with E-state index in [0.717, 1.165) is 25.1 Å². The first-order valence-electron chi connectivity index (χ1n) is 10.6. The number of ether oxygens (including phenoxy) is 1. The molecule has 0 saturated heterocycles. The van der Waals surface area contributed by atoms with Gasteiger partial charge in [0.1, 0.15) is 10.7 Å². The minimum absolute atomic E-state index is 0.167. The zero-order valence-electron chi connectivity index (χ0n) is 19.7. The molecule has 12 nitrogen and oxygen atoms in total. The van der Waals surface area contributed by atoms with Crippen LogP contribution in [-0.4, -0.2) is 51.8 Å². The summed E-state index contributed by atoms with van der Waals surface area (Å²) in [5.74, 6) is -1.37. The van der Waals surface area contributed by atoms with Gasteiger partial charge in [0.05, 0.1) is 21.8 Å². The van der Waals surface area contributed by atoms with Crippen LogP contribution in [0, 0.1) is 0 Å². The first kappa shape index (κ1) is 29.4. The van der Waals surface area contributed by atoms with E-state index in [1.165, 1.54) is 0 Å². The standard InChI is InChI=1S/C21H21Cl2F2N5O7S/c1-9(31)14(38(35,36)29-21(2)7-11(32)8-21)6-15(26-3)37-17-12(22)4-10(5-13(17)23)30-20(34)27-19(33)16(28-30)18(24)25/h4-6,11,18,29,31-32H,3,7-8H2,1-2H3,(H,27,33,34)/b14-9-,15-6+. The van der Waals surface area contributed by atoms with Crippen LogP contribution in [0.3, 0.4) is 0 Å². The summed E-state index contributed by atoms with van der Waals surface area (Å²) in [7, 11) is -4.32. The maximum atomic E-state index is 13.1. The second kappa shape index (κ2) is 10.9. The maximum Gasteiger partial charge on any atom is 0.349 e. The summed E-state index contributed by atoms with van der Waals surface area (Å²) in [6.45, 7) is 5.99. The van der Waals surface area contributed by atoms with Crippen LogP contribution >= 0.6 is 23.2 Å². The van der Waals surface area contributed by atoms with Crippen molar-refractivity contribution in [3.63, 3.8) is 0 Å². The Bertz CT molecular complexity index is 1540. The molecule has 2 aromatic rings. The van der Waals surface area contributed by atoms with Crippen LogP contribution in [0.5, 0.6) is 5.75 Å². The Kier molecular flexibility index (Phi) is 8.48. The molecule has 1 heterocycles. The molecule has 206 valence electrons. The van der Waals surface area contributed by atoms with E-state index < -0.39 is 61.6 Å². The van der Waals surface area contributed by atoms with Gasteiger partial charge in [-0.15, -0.1) is 0 Å². The summed E-state index contributed by atoms with van der Waals surface area (Å²) in [5, 5.41) is 22.4. The van der Waals surface area contributed by atoms with Gasteiger partial charge in [-0.2, -0.15) is 9.78 Å². The van der Waals surface area contributed by atoms with Gasteiger partial charge in [0.15, 0.2) is 11.4 Å². The molecule has 0 spiro atoms. The van der Waals surface area contributed by atoms with Crippen molar-refractivity contribution in [2.45, 2.75) is 44.8 Å². The zero-order chi connectivity index (χ0) is 28.6. The predicted molar refractivity (Wildman–Crippen MR) is 135 cm³/mol. The first-order chi connectivity index (χ1) is 17.6. The lowest BCUT2D eigenvalue weighted by Gasteiger charge is -2.42. The summed E-state index contributed by atoms with van der Waals surface area (Å²) < 4.78 is 60.3. The van der Waals surface area contributed by atoms with Crippen molar-refractivity contribution in [3.8, 4) is 11.4 Å². The number of benzene rings is 1. The lowest BCUT2D eigenvalue weighted by molar-refractivity contribution is 0.0240. The third kappa shape index (κ3) is 6.30. The number of alkyl halides is 2. The van der Waals surface area contributed by atoms with Gasteiger partial charge in [-0.3, -0.25) is 9.78 Å². The molecule has 0 atom stereocenters. The third-order valence-corrected chi connectivity index (χ3v) is 7.62. The molecule has 3 rings (SSSR count). The highest BCUT2D eigenvalue weighted by Gasteiger charge is 2.43.